The van der Waals surface area contributed by atoms with E-state index in [2.05, 4.69) is 10.0 Å². The van der Waals surface area contributed by atoms with E-state index in [0.29, 0.717) is 28.3 Å². The number of anilines is 2. The van der Waals surface area contributed by atoms with Crippen LogP contribution in [0, 0.1) is 18.3 Å². The molecule has 3 aromatic carbocycles. The number of nitrogens with one attached hydrogen (secondary N) is 2. The van der Waals surface area contributed by atoms with Crippen LogP contribution in [-0.2, 0) is 14.8 Å². The van der Waals surface area contributed by atoms with Crippen LogP contribution >= 0.6 is 0 Å². The van der Waals surface area contributed by atoms with Crippen LogP contribution in [0.3, 0.4) is 0 Å². The Morgan fingerprint density at radius 3 is 2.47 bits per heavy atom. The van der Waals surface area contributed by atoms with E-state index in [4.69, 9.17) is 10.00 Å². The summed E-state index contributed by atoms with van der Waals surface area (Å²) in [6, 6.07) is 20.1. The minimum atomic E-state index is -3.92. The molecular weight excluding hydrogens is 426 g/mol. The highest BCUT2D eigenvalue weighted by Crippen LogP contribution is 2.28. The van der Waals surface area contributed by atoms with Crippen molar-refractivity contribution < 1.29 is 17.9 Å². The number of benzene rings is 3. The lowest BCUT2D eigenvalue weighted by Gasteiger charge is -2.14. The third-order valence-electron chi connectivity index (χ3n) is 4.56. The van der Waals surface area contributed by atoms with Gasteiger partial charge in [0.25, 0.3) is 10.0 Å². The van der Waals surface area contributed by atoms with Crippen LogP contribution in [0.4, 0.5) is 11.4 Å². The van der Waals surface area contributed by atoms with Crippen LogP contribution in [0.15, 0.2) is 77.7 Å². The van der Waals surface area contributed by atoms with Gasteiger partial charge in [-0.05, 0) is 60.5 Å². The first-order chi connectivity index (χ1) is 15.3. The molecule has 8 heteroatoms. The number of hydrogen-bond donors (Lipinski definition) is 2. The quantitative estimate of drug-likeness (QED) is 0.524. The van der Waals surface area contributed by atoms with Gasteiger partial charge in [-0.25, -0.2) is 8.42 Å². The number of carbonyl (C=O) groups is 1. The molecule has 0 unspecified atom stereocenters. The normalized spacial score (nSPS) is 11.0. The van der Waals surface area contributed by atoms with E-state index in [1.54, 1.807) is 73.7 Å². The monoisotopic (exact) mass is 447 g/mol. The second-order valence-corrected chi connectivity index (χ2v) is 8.49. The molecule has 0 aliphatic carbocycles. The van der Waals surface area contributed by atoms with E-state index >= 15 is 0 Å². The summed E-state index contributed by atoms with van der Waals surface area (Å²) in [5.74, 6) is -0.0228. The zero-order valence-electron chi connectivity index (χ0n) is 17.5. The summed E-state index contributed by atoms with van der Waals surface area (Å²) < 4.78 is 33.7. The Balaban J connectivity index is 1.78. The standard InChI is InChI=1S/C24H21N3O4S/c1-17-7-13-20(26-24(28)14-12-18-8-10-19(16-25)11-9-18)15-23(17)32(29,30)27-21-5-3-4-6-22(21)31-2/h3-15,27H,1-2H3,(H,26,28)/b14-12+. The van der Waals surface area contributed by atoms with Crippen molar-refractivity contribution in [3.8, 4) is 11.8 Å². The number of hydrogen-bond acceptors (Lipinski definition) is 5. The fourth-order valence-electron chi connectivity index (χ4n) is 2.92. The van der Waals surface area contributed by atoms with E-state index in [0.717, 1.165) is 5.56 Å². The van der Waals surface area contributed by atoms with Crippen LogP contribution in [0.25, 0.3) is 6.08 Å². The SMILES string of the molecule is COc1ccccc1NS(=O)(=O)c1cc(NC(=O)/C=C/c2ccc(C#N)cc2)ccc1C. The van der Waals surface area contributed by atoms with Gasteiger partial charge in [0.05, 0.1) is 29.3 Å². The minimum absolute atomic E-state index is 0.0391. The molecule has 0 aliphatic rings. The summed E-state index contributed by atoms with van der Waals surface area (Å²) in [5, 5.41) is 11.5. The van der Waals surface area contributed by atoms with Gasteiger partial charge in [0.1, 0.15) is 5.75 Å². The lowest BCUT2D eigenvalue weighted by molar-refractivity contribution is -0.111. The molecule has 0 atom stereocenters. The highest BCUT2D eigenvalue weighted by atomic mass is 32.2. The molecule has 0 aliphatic heterocycles. The summed E-state index contributed by atoms with van der Waals surface area (Å²) in [6.07, 6.45) is 2.94. The Bertz CT molecular complexity index is 1310. The van der Waals surface area contributed by atoms with Crippen molar-refractivity contribution in [2.24, 2.45) is 0 Å². The zero-order valence-corrected chi connectivity index (χ0v) is 18.3. The largest absolute Gasteiger partial charge is 0.495 e. The highest BCUT2D eigenvalue weighted by Gasteiger charge is 2.19. The molecule has 0 bridgehead atoms. The predicted octanol–water partition coefficient (Wildman–Crippen LogP) is 4.33. The van der Waals surface area contributed by atoms with Gasteiger partial charge in [0.2, 0.25) is 5.91 Å². The van der Waals surface area contributed by atoms with E-state index < -0.39 is 15.9 Å². The summed E-state index contributed by atoms with van der Waals surface area (Å²) in [4.78, 5) is 12.3. The lowest BCUT2D eigenvalue weighted by atomic mass is 10.1. The first kappa shape index (κ1) is 22.6. The summed E-state index contributed by atoms with van der Waals surface area (Å²) in [7, 11) is -2.46. The topological polar surface area (TPSA) is 108 Å². The molecule has 3 aromatic rings. The van der Waals surface area contributed by atoms with Gasteiger partial charge in [-0.3, -0.25) is 9.52 Å². The van der Waals surface area contributed by atoms with Crippen molar-refractivity contribution >= 4 is 33.4 Å². The zero-order chi connectivity index (χ0) is 23.1. The molecule has 2 N–H and O–H groups in total. The number of ether oxygens (including phenoxy) is 1. The van der Waals surface area contributed by atoms with Crippen molar-refractivity contribution in [2.75, 3.05) is 17.1 Å². The van der Waals surface area contributed by atoms with Gasteiger partial charge in [-0.15, -0.1) is 0 Å². The average Bonchev–Trinajstić information content (AvgIpc) is 2.79. The molecular formula is C24H21N3O4S. The lowest BCUT2D eigenvalue weighted by Crippen LogP contribution is -2.16. The van der Waals surface area contributed by atoms with Gasteiger partial charge < -0.3 is 10.1 Å². The number of amides is 1. The second-order valence-electron chi connectivity index (χ2n) is 6.84. The molecule has 32 heavy (non-hydrogen) atoms. The third kappa shape index (κ3) is 5.53. The summed E-state index contributed by atoms with van der Waals surface area (Å²) >= 11 is 0. The predicted molar refractivity (Wildman–Crippen MR) is 124 cm³/mol. The van der Waals surface area contributed by atoms with Crippen molar-refractivity contribution in [1.82, 2.24) is 0 Å². The van der Waals surface area contributed by atoms with Crippen molar-refractivity contribution in [2.45, 2.75) is 11.8 Å². The van der Waals surface area contributed by atoms with Crippen LogP contribution < -0.4 is 14.8 Å². The van der Waals surface area contributed by atoms with Crippen LogP contribution in [0.5, 0.6) is 5.75 Å². The molecule has 1 amide bonds. The van der Waals surface area contributed by atoms with Gasteiger partial charge >= 0.3 is 0 Å². The van der Waals surface area contributed by atoms with Crippen LogP contribution in [0.2, 0.25) is 0 Å². The molecule has 0 fully saturated rings. The number of sulfonamides is 1. The number of nitrogens with zero attached hydrogens (tertiary/aromatic N) is 1. The van der Waals surface area contributed by atoms with Gasteiger partial charge in [-0.1, -0.05) is 30.3 Å². The molecule has 3 rings (SSSR count). The Kier molecular flexibility index (Phi) is 6.93. The number of nitriles is 1. The fourth-order valence-corrected chi connectivity index (χ4v) is 4.26. The Labute approximate surface area is 187 Å². The molecule has 0 heterocycles. The first-order valence-corrected chi connectivity index (χ1v) is 11.1. The maximum atomic E-state index is 13.0. The maximum absolute atomic E-state index is 13.0. The van der Waals surface area contributed by atoms with Crippen molar-refractivity contribution in [3.05, 3.63) is 89.5 Å². The van der Waals surface area contributed by atoms with E-state index in [1.807, 2.05) is 6.07 Å². The Morgan fingerprint density at radius 1 is 1.06 bits per heavy atom. The Morgan fingerprint density at radius 2 is 1.78 bits per heavy atom. The second kappa shape index (κ2) is 9.81. The van der Waals surface area contributed by atoms with Crippen LogP contribution in [-0.4, -0.2) is 21.4 Å². The molecule has 0 saturated heterocycles. The maximum Gasteiger partial charge on any atom is 0.262 e. The molecule has 0 radical (unpaired) electrons. The summed E-state index contributed by atoms with van der Waals surface area (Å²) in [5.41, 5.74) is 2.47. The molecule has 162 valence electrons. The molecule has 0 saturated carbocycles. The summed E-state index contributed by atoms with van der Waals surface area (Å²) in [6.45, 7) is 1.67. The molecule has 0 spiro atoms. The number of carbonyl (C=O) groups excluding carboxylic acids is 1. The highest BCUT2D eigenvalue weighted by molar-refractivity contribution is 7.92. The smallest absolute Gasteiger partial charge is 0.262 e. The molecule has 7 nitrogen and oxygen atoms in total. The van der Waals surface area contributed by atoms with Crippen molar-refractivity contribution in [3.63, 3.8) is 0 Å². The number of methoxy groups -OCH3 is 1. The van der Waals surface area contributed by atoms with E-state index in [-0.39, 0.29) is 4.90 Å². The minimum Gasteiger partial charge on any atom is -0.495 e. The van der Waals surface area contributed by atoms with Gasteiger partial charge in [0, 0.05) is 11.8 Å². The fraction of sp³-hybridized carbons (Fsp3) is 0.0833. The Hall–Kier alpha value is -4.09. The van der Waals surface area contributed by atoms with Crippen molar-refractivity contribution in [1.29, 1.82) is 5.26 Å². The number of para-hydroxylation sites is 2. The number of rotatable bonds is 7. The third-order valence-corrected chi connectivity index (χ3v) is 6.07. The average molecular weight is 448 g/mol. The van der Waals surface area contributed by atoms with Crippen LogP contribution in [0.1, 0.15) is 16.7 Å². The van der Waals surface area contributed by atoms with E-state index in [1.165, 1.54) is 19.3 Å². The van der Waals surface area contributed by atoms with Gasteiger partial charge in [-0.2, -0.15) is 5.26 Å². The first-order valence-electron chi connectivity index (χ1n) is 9.58. The number of aryl methyl sites for hydroxylation is 1. The van der Waals surface area contributed by atoms with Gasteiger partial charge in [0.15, 0.2) is 0 Å². The van der Waals surface area contributed by atoms with E-state index in [9.17, 15) is 13.2 Å². The molecule has 0 aromatic heterocycles.